The Hall–Kier alpha value is -2.78. The summed E-state index contributed by atoms with van der Waals surface area (Å²) in [4.78, 5) is 18.5. The fraction of sp³-hybridized carbons (Fsp3) is 0.286. The minimum atomic E-state index is -4.57. The SMILES string of the molecule is C[C@H](C(=O)O)c1ccc(N(CN=[N+]=[N-])c2nc(C(F)(F)F)cs2)cc1. The van der Waals surface area contributed by atoms with Gasteiger partial charge >= 0.3 is 12.1 Å². The number of anilines is 2. The van der Waals surface area contributed by atoms with Crippen LogP contribution in [0.1, 0.15) is 24.1 Å². The van der Waals surface area contributed by atoms with Gasteiger partial charge in [-0.1, -0.05) is 17.2 Å². The molecule has 1 heterocycles. The highest BCUT2D eigenvalue weighted by molar-refractivity contribution is 7.13. The van der Waals surface area contributed by atoms with Crippen molar-refractivity contribution in [3.8, 4) is 0 Å². The number of alkyl halides is 3. The predicted octanol–water partition coefficient (Wildman–Crippen LogP) is 4.76. The summed E-state index contributed by atoms with van der Waals surface area (Å²) < 4.78 is 38.2. The van der Waals surface area contributed by atoms with Crippen molar-refractivity contribution in [2.24, 2.45) is 5.11 Å². The highest BCUT2D eigenvalue weighted by Gasteiger charge is 2.34. The Kier molecular flexibility index (Phi) is 5.50. The van der Waals surface area contributed by atoms with Crippen LogP contribution in [0, 0.1) is 0 Å². The van der Waals surface area contributed by atoms with Crippen LogP contribution in [0.15, 0.2) is 34.8 Å². The van der Waals surface area contributed by atoms with Gasteiger partial charge in [0, 0.05) is 16.0 Å². The Labute approximate surface area is 144 Å². The van der Waals surface area contributed by atoms with Gasteiger partial charge in [-0.25, -0.2) is 4.98 Å². The first kappa shape index (κ1) is 18.6. The lowest BCUT2D eigenvalue weighted by atomic mass is 10.0. The van der Waals surface area contributed by atoms with Gasteiger partial charge in [-0.3, -0.25) is 4.79 Å². The molecule has 2 rings (SSSR count). The second-order valence-electron chi connectivity index (χ2n) is 4.96. The lowest BCUT2D eigenvalue weighted by Gasteiger charge is -2.20. The number of azide groups is 1. The van der Waals surface area contributed by atoms with Crippen molar-refractivity contribution in [3.05, 3.63) is 51.3 Å². The molecule has 1 N–H and O–H groups in total. The third kappa shape index (κ3) is 4.40. The molecule has 0 aliphatic rings. The average molecular weight is 371 g/mol. The summed E-state index contributed by atoms with van der Waals surface area (Å²) in [6, 6.07) is 6.18. The van der Waals surface area contributed by atoms with Crippen LogP contribution in [0.2, 0.25) is 0 Å². The average Bonchev–Trinajstić information content (AvgIpc) is 3.05. The van der Waals surface area contributed by atoms with Crippen LogP contribution in [-0.2, 0) is 11.0 Å². The molecule has 1 aromatic heterocycles. The van der Waals surface area contributed by atoms with E-state index >= 15 is 0 Å². The number of rotatable bonds is 6. The highest BCUT2D eigenvalue weighted by atomic mass is 32.1. The first-order chi connectivity index (χ1) is 11.7. The topological polar surface area (TPSA) is 102 Å². The number of halogens is 3. The Morgan fingerprint density at radius 2 is 2.08 bits per heavy atom. The van der Waals surface area contributed by atoms with E-state index in [1.165, 1.54) is 24.0 Å². The summed E-state index contributed by atoms with van der Waals surface area (Å²) in [7, 11) is 0. The van der Waals surface area contributed by atoms with Gasteiger partial charge in [0.05, 0.1) is 5.92 Å². The van der Waals surface area contributed by atoms with Crippen molar-refractivity contribution >= 4 is 28.1 Å². The van der Waals surface area contributed by atoms with Gasteiger partial charge in [0.1, 0.15) is 6.67 Å². The van der Waals surface area contributed by atoms with Gasteiger partial charge < -0.3 is 10.0 Å². The molecule has 0 amide bonds. The minimum Gasteiger partial charge on any atom is -0.481 e. The molecule has 0 bridgehead atoms. The van der Waals surface area contributed by atoms with Crippen molar-refractivity contribution in [2.45, 2.75) is 19.0 Å². The van der Waals surface area contributed by atoms with Crippen LogP contribution < -0.4 is 4.90 Å². The molecule has 0 fully saturated rings. The van der Waals surface area contributed by atoms with Crippen molar-refractivity contribution in [1.29, 1.82) is 0 Å². The molecule has 11 heteroatoms. The first-order valence-electron chi connectivity index (χ1n) is 6.88. The van der Waals surface area contributed by atoms with E-state index in [1.54, 1.807) is 12.1 Å². The number of carbonyl (C=O) groups is 1. The van der Waals surface area contributed by atoms with E-state index < -0.39 is 23.8 Å². The number of hydrogen-bond donors (Lipinski definition) is 1. The largest absolute Gasteiger partial charge is 0.481 e. The summed E-state index contributed by atoms with van der Waals surface area (Å²) in [5, 5.41) is 13.3. The fourth-order valence-corrected chi connectivity index (χ4v) is 2.79. The lowest BCUT2D eigenvalue weighted by molar-refractivity contribution is -0.141. The zero-order valence-corrected chi connectivity index (χ0v) is 13.6. The monoisotopic (exact) mass is 371 g/mol. The molecule has 0 aliphatic carbocycles. The molecule has 0 unspecified atom stereocenters. The van der Waals surface area contributed by atoms with Gasteiger partial charge in [0.25, 0.3) is 0 Å². The number of nitrogens with zero attached hydrogens (tertiary/aromatic N) is 5. The third-order valence-corrected chi connectivity index (χ3v) is 4.22. The van der Waals surface area contributed by atoms with E-state index in [-0.39, 0.29) is 11.8 Å². The maximum absolute atomic E-state index is 12.7. The van der Waals surface area contributed by atoms with Crippen molar-refractivity contribution in [3.63, 3.8) is 0 Å². The molecule has 0 aliphatic heterocycles. The molecule has 0 saturated carbocycles. The van der Waals surface area contributed by atoms with E-state index in [0.717, 1.165) is 16.7 Å². The van der Waals surface area contributed by atoms with E-state index in [1.807, 2.05) is 0 Å². The van der Waals surface area contributed by atoms with Gasteiger partial charge in [-0.15, -0.1) is 11.3 Å². The highest BCUT2D eigenvalue weighted by Crippen LogP contribution is 2.35. The predicted molar refractivity (Wildman–Crippen MR) is 85.8 cm³/mol. The van der Waals surface area contributed by atoms with Crippen LogP contribution in [0.5, 0.6) is 0 Å². The molecule has 1 atom stereocenters. The molecule has 0 spiro atoms. The molecule has 25 heavy (non-hydrogen) atoms. The van der Waals surface area contributed by atoms with E-state index in [2.05, 4.69) is 15.0 Å². The van der Waals surface area contributed by atoms with Gasteiger partial charge in [0.2, 0.25) is 0 Å². The number of carboxylic acid groups (broad SMARTS) is 1. The molecule has 1 aromatic carbocycles. The van der Waals surface area contributed by atoms with E-state index in [4.69, 9.17) is 10.6 Å². The molecule has 0 radical (unpaired) electrons. The number of aliphatic carboxylic acids is 1. The summed E-state index contributed by atoms with van der Waals surface area (Å²) in [6.45, 7) is 1.26. The van der Waals surface area contributed by atoms with Crippen LogP contribution in [0.25, 0.3) is 10.4 Å². The van der Waals surface area contributed by atoms with E-state index in [0.29, 0.717) is 11.3 Å². The molecule has 2 aromatic rings. The van der Waals surface area contributed by atoms with Gasteiger partial charge in [0.15, 0.2) is 10.8 Å². The number of carboxylic acids is 1. The van der Waals surface area contributed by atoms with Crippen LogP contribution in [0.4, 0.5) is 24.0 Å². The van der Waals surface area contributed by atoms with Crippen LogP contribution in [0.3, 0.4) is 0 Å². The molecule has 132 valence electrons. The molecular weight excluding hydrogens is 359 g/mol. The summed E-state index contributed by atoms with van der Waals surface area (Å²) in [5.41, 5.74) is 8.42. The van der Waals surface area contributed by atoms with Crippen LogP contribution >= 0.6 is 11.3 Å². The van der Waals surface area contributed by atoms with Crippen molar-refractivity contribution < 1.29 is 23.1 Å². The Morgan fingerprint density at radius 1 is 1.44 bits per heavy atom. The zero-order valence-electron chi connectivity index (χ0n) is 12.8. The normalized spacial score (nSPS) is 12.3. The summed E-state index contributed by atoms with van der Waals surface area (Å²) in [6.07, 6.45) is -4.57. The Bertz CT molecular complexity index is 800. The van der Waals surface area contributed by atoms with Crippen molar-refractivity contribution in [1.82, 2.24) is 4.98 Å². The molecule has 7 nitrogen and oxygen atoms in total. The number of aromatic nitrogens is 1. The number of hydrogen-bond acceptors (Lipinski definition) is 5. The van der Waals surface area contributed by atoms with Crippen LogP contribution in [-0.4, -0.2) is 22.7 Å². The fourth-order valence-electron chi connectivity index (χ4n) is 1.95. The second kappa shape index (κ2) is 7.41. The molecule has 0 saturated heterocycles. The van der Waals surface area contributed by atoms with Gasteiger partial charge in [-0.05, 0) is 30.2 Å². The van der Waals surface area contributed by atoms with Gasteiger partial charge in [-0.2, -0.15) is 13.2 Å². The number of benzene rings is 1. The second-order valence-corrected chi connectivity index (χ2v) is 5.80. The zero-order chi connectivity index (χ0) is 18.6. The minimum absolute atomic E-state index is 0.0127. The number of thiazole rings is 1. The summed E-state index contributed by atoms with van der Waals surface area (Å²) >= 11 is 0.763. The molecular formula is C14H12F3N5O2S. The smallest absolute Gasteiger partial charge is 0.434 e. The quantitative estimate of drug-likeness (QED) is 0.449. The third-order valence-electron chi connectivity index (χ3n) is 3.36. The first-order valence-corrected chi connectivity index (χ1v) is 7.76. The van der Waals surface area contributed by atoms with E-state index in [9.17, 15) is 18.0 Å². The lowest BCUT2D eigenvalue weighted by Crippen LogP contribution is -2.17. The Morgan fingerprint density at radius 3 is 2.56 bits per heavy atom. The van der Waals surface area contributed by atoms with Crippen molar-refractivity contribution in [2.75, 3.05) is 11.6 Å². The summed E-state index contributed by atoms with van der Waals surface area (Å²) in [5.74, 6) is -1.72. The maximum Gasteiger partial charge on any atom is 0.434 e. The Balaban J connectivity index is 2.36. The standard InChI is InChI=1S/C14H12F3N5O2S/c1-8(12(23)24)9-2-4-10(5-3-9)22(7-19-21-18)13-20-11(6-25-13)14(15,16)17/h2-6,8H,7H2,1H3,(H,23,24)/t8-/m0/s1. The maximum atomic E-state index is 12.7.